The topological polar surface area (TPSA) is 99.6 Å². The summed E-state index contributed by atoms with van der Waals surface area (Å²) in [7, 11) is -2.06. The number of carbonyl (C=O) groups is 2. The summed E-state index contributed by atoms with van der Waals surface area (Å²) in [5, 5.41) is 2.24. The largest absolute Gasteiger partial charge is 0.464 e. The minimum atomic E-state index is -3.34. The van der Waals surface area contributed by atoms with Crippen LogP contribution in [0.3, 0.4) is 0 Å². The Morgan fingerprint density at radius 2 is 1.56 bits per heavy atom. The molecule has 0 aliphatic rings. The van der Waals surface area contributed by atoms with E-state index >= 15 is 0 Å². The highest BCUT2D eigenvalue weighted by molar-refractivity contribution is 7.90. The molecule has 0 amide bonds. The van der Waals surface area contributed by atoms with E-state index in [0.29, 0.717) is 11.1 Å². The number of pyridine rings is 1. The van der Waals surface area contributed by atoms with Gasteiger partial charge in [0.1, 0.15) is 11.3 Å². The lowest BCUT2D eigenvalue weighted by Gasteiger charge is -2.17. The molecule has 0 aliphatic carbocycles. The number of hydrogen-bond donors (Lipinski definition) is 0. The first-order valence-corrected chi connectivity index (χ1v) is 14.4. The Balaban J connectivity index is 0.000000367. The molecule has 0 saturated heterocycles. The molecule has 7 nitrogen and oxygen atoms in total. The zero-order valence-corrected chi connectivity index (χ0v) is 25.5. The van der Waals surface area contributed by atoms with E-state index < -0.39 is 15.8 Å². The summed E-state index contributed by atoms with van der Waals surface area (Å²) in [6.07, 6.45) is 4.42. The van der Waals surface area contributed by atoms with E-state index in [9.17, 15) is 18.0 Å². The maximum atomic E-state index is 11.7. The standard InChI is InChI=1S/C16H13NO4S.C11H12.C6H12O2/c1-21-16(18)14-10-8-12(11-17-14)7-9-13-5-3-4-6-15(13)22(2,19)20;1-4-9(2)11-8-6-5-7-10(11)3;1-5(7)8-6(2,3)4/h3-6,8,10-11H,1-2H3;4-8H,1,3H2,2H3;1-4H3/b;11-9-;. The van der Waals surface area contributed by atoms with Gasteiger partial charge >= 0.3 is 11.9 Å². The van der Waals surface area contributed by atoms with Crippen molar-refractivity contribution in [2.45, 2.75) is 45.1 Å². The van der Waals surface area contributed by atoms with Crippen molar-refractivity contribution in [3.05, 3.63) is 107 Å². The van der Waals surface area contributed by atoms with Crippen molar-refractivity contribution in [2.24, 2.45) is 0 Å². The summed E-state index contributed by atoms with van der Waals surface area (Å²) in [5.74, 6) is 4.89. The lowest BCUT2D eigenvalue weighted by atomic mass is 10.1. The van der Waals surface area contributed by atoms with E-state index in [4.69, 9.17) is 4.74 Å². The highest BCUT2D eigenvalue weighted by Gasteiger charge is 2.12. The number of sulfone groups is 1. The minimum Gasteiger partial charge on any atom is -0.464 e. The molecule has 0 N–H and O–H groups in total. The average molecular weight is 576 g/mol. The van der Waals surface area contributed by atoms with E-state index in [1.165, 1.54) is 43.2 Å². The van der Waals surface area contributed by atoms with Crippen LogP contribution in [0, 0.1) is 11.8 Å². The second-order valence-corrected chi connectivity index (χ2v) is 11.7. The molecule has 1 heterocycles. The van der Waals surface area contributed by atoms with Gasteiger partial charge in [-0.15, -0.1) is 0 Å². The van der Waals surface area contributed by atoms with Crippen molar-refractivity contribution in [1.29, 1.82) is 0 Å². The third kappa shape index (κ3) is 12.9. The van der Waals surface area contributed by atoms with Crippen molar-refractivity contribution in [3.8, 4) is 11.8 Å². The van der Waals surface area contributed by atoms with Gasteiger partial charge in [-0.05, 0) is 68.0 Å². The number of esters is 2. The van der Waals surface area contributed by atoms with E-state index in [0.717, 1.165) is 11.5 Å². The van der Waals surface area contributed by atoms with Crippen molar-refractivity contribution >= 4 is 33.9 Å². The summed E-state index contributed by atoms with van der Waals surface area (Å²) in [6, 6.07) is 17.7. The monoisotopic (exact) mass is 575 g/mol. The van der Waals surface area contributed by atoms with E-state index in [1.54, 1.807) is 24.3 Å². The maximum absolute atomic E-state index is 11.7. The third-order valence-electron chi connectivity index (χ3n) is 4.98. The van der Waals surface area contributed by atoms with E-state index in [1.807, 2.05) is 52.0 Å². The summed E-state index contributed by atoms with van der Waals surface area (Å²) < 4.78 is 32.7. The Kier molecular flexibility index (Phi) is 13.4. The van der Waals surface area contributed by atoms with Crippen LogP contribution in [0.2, 0.25) is 0 Å². The fourth-order valence-corrected chi connectivity index (χ4v) is 4.02. The van der Waals surface area contributed by atoms with Crippen molar-refractivity contribution < 1.29 is 27.5 Å². The van der Waals surface area contributed by atoms with Gasteiger partial charge in [-0.3, -0.25) is 4.79 Å². The van der Waals surface area contributed by atoms with Crippen LogP contribution in [0.25, 0.3) is 12.2 Å². The molecule has 0 atom stereocenters. The molecule has 2 aromatic carbocycles. The molecule has 0 fully saturated rings. The molecule has 3 rings (SSSR count). The Morgan fingerprint density at radius 3 is 2.02 bits per heavy atom. The Morgan fingerprint density at radius 1 is 0.951 bits per heavy atom. The first-order chi connectivity index (χ1) is 19.1. The zero-order chi connectivity index (χ0) is 31.2. The molecule has 0 aliphatic heterocycles. The highest BCUT2D eigenvalue weighted by Crippen LogP contribution is 2.14. The van der Waals surface area contributed by atoms with Crippen LogP contribution in [0.4, 0.5) is 0 Å². The average Bonchev–Trinajstić information content (AvgIpc) is 2.90. The normalized spacial score (nSPS) is 11.1. The fourth-order valence-electron chi connectivity index (χ4n) is 3.17. The summed E-state index contributed by atoms with van der Waals surface area (Å²) in [4.78, 5) is 25.6. The number of carbonyl (C=O) groups excluding carboxylic acids is 2. The number of rotatable bonds is 3. The molecule has 3 aromatic rings. The van der Waals surface area contributed by atoms with Gasteiger partial charge in [0.25, 0.3) is 0 Å². The smallest absolute Gasteiger partial charge is 0.356 e. The Bertz CT molecular complexity index is 1640. The van der Waals surface area contributed by atoms with E-state index in [-0.39, 0.29) is 22.2 Å². The first-order valence-electron chi connectivity index (χ1n) is 12.5. The molecule has 216 valence electrons. The lowest BCUT2D eigenvalue weighted by molar-refractivity contribution is -0.151. The van der Waals surface area contributed by atoms with Gasteiger partial charge in [0.05, 0.1) is 12.0 Å². The molecule has 1 aromatic heterocycles. The predicted octanol–water partition coefficient (Wildman–Crippen LogP) is 4.47. The van der Waals surface area contributed by atoms with Gasteiger partial charge in [-0.1, -0.05) is 67.5 Å². The summed E-state index contributed by atoms with van der Waals surface area (Å²) in [6.45, 7) is 16.6. The van der Waals surface area contributed by atoms with Crippen molar-refractivity contribution in [2.75, 3.05) is 13.4 Å². The molecular formula is C33H37NO6S. The number of benzene rings is 2. The zero-order valence-electron chi connectivity index (χ0n) is 24.6. The quantitative estimate of drug-likeness (QED) is 0.336. The van der Waals surface area contributed by atoms with Crippen LogP contribution in [-0.2, 0) is 24.1 Å². The van der Waals surface area contributed by atoms with Gasteiger partial charge in [0, 0.05) is 30.5 Å². The number of ether oxygens (including phenoxy) is 2. The van der Waals surface area contributed by atoms with Crippen LogP contribution in [0.1, 0.15) is 56.2 Å². The second kappa shape index (κ2) is 15.9. The summed E-state index contributed by atoms with van der Waals surface area (Å²) >= 11 is 0. The minimum absolute atomic E-state index is 0.182. The number of nitrogens with zero attached hydrogens (tertiary/aromatic N) is 1. The third-order valence-corrected chi connectivity index (χ3v) is 6.14. The number of aromatic nitrogens is 1. The summed E-state index contributed by atoms with van der Waals surface area (Å²) in [5.41, 5.74) is 2.02. The van der Waals surface area contributed by atoms with Crippen molar-refractivity contribution in [3.63, 3.8) is 0 Å². The molecular weight excluding hydrogens is 538 g/mol. The van der Waals surface area contributed by atoms with Crippen LogP contribution in [0.5, 0.6) is 0 Å². The number of hydrogen-bond acceptors (Lipinski definition) is 7. The number of allylic oxidation sites excluding steroid dienone is 1. The van der Waals surface area contributed by atoms with Gasteiger partial charge in [0.15, 0.2) is 9.84 Å². The predicted molar refractivity (Wildman–Crippen MR) is 163 cm³/mol. The van der Waals surface area contributed by atoms with Crippen molar-refractivity contribution in [1.82, 2.24) is 4.98 Å². The van der Waals surface area contributed by atoms with Gasteiger partial charge < -0.3 is 9.47 Å². The molecule has 0 saturated carbocycles. The van der Waals surface area contributed by atoms with Crippen LogP contribution >= 0.6 is 0 Å². The second-order valence-electron chi connectivity index (χ2n) is 9.69. The molecule has 0 unspecified atom stereocenters. The van der Waals surface area contributed by atoms with Crippen LogP contribution in [0.15, 0.2) is 84.4 Å². The molecule has 0 radical (unpaired) electrons. The maximum Gasteiger partial charge on any atom is 0.356 e. The molecule has 41 heavy (non-hydrogen) atoms. The van der Waals surface area contributed by atoms with E-state index in [2.05, 4.69) is 40.8 Å². The van der Waals surface area contributed by atoms with Gasteiger partial charge in [-0.25, -0.2) is 18.2 Å². The van der Waals surface area contributed by atoms with Crippen LogP contribution in [-0.4, -0.2) is 44.3 Å². The molecule has 0 spiro atoms. The lowest BCUT2D eigenvalue weighted by Crippen LogP contribution is -2.23. The van der Waals surface area contributed by atoms with Gasteiger partial charge in [-0.2, -0.15) is 0 Å². The van der Waals surface area contributed by atoms with Gasteiger partial charge in [0.2, 0.25) is 0 Å². The number of methoxy groups -OCH3 is 1. The highest BCUT2D eigenvalue weighted by atomic mass is 32.2. The Hall–Kier alpha value is -4.48. The van der Waals surface area contributed by atoms with Crippen LogP contribution < -0.4 is 10.4 Å². The first kappa shape index (κ1) is 34.5. The fraction of sp³-hybridized carbons (Fsp3) is 0.242. The molecule has 0 bridgehead atoms. The SMILES string of the molecule is C=C/C(C)=c1/ccccc1=C.CC(=O)OC(C)(C)C.COC(=O)c1ccc(C#Cc2ccccc2S(C)(=O)=O)cn1. The Labute approximate surface area is 243 Å². The molecule has 8 heteroatoms.